The van der Waals surface area contributed by atoms with Crippen LogP contribution in [0, 0.1) is 0 Å². The minimum atomic E-state index is -0.535. The van der Waals surface area contributed by atoms with E-state index in [1.54, 1.807) is 0 Å². The third-order valence-corrected chi connectivity index (χ3v) is 2.63. The number of hydrogen-bond donors (Lipinski definition) is 0. The summed E-state index contributed by atoms with van der Waals surface area (Å²) in [7, 11) is 0. The van der Waals surface area contributed by atoms with E-state index < -0.39 is 11.2 Å². The Morgan fingerprint density at radius 1 is 0.909 bits per heavy atom. The Morgan fingerprint density at radius 3 is 1.91 bits per heavy atom. The van der Waals surface area contributed by atoms with Crippen molar-refractivity contribution in [1.82, 2.24) is 0 Å². The summed E-state index contributed by atoms with van der Waals surface area (Å²) >= 11 is 0. The molecular formula is C18H32O4. The van der Waals surface area contributed by atoms with E-state index in [2.05, 4.69) is 6.92 Å². The molecule has 0 bridgehead atoms. The van der Waals surface area contributed by atoms with Crippen LogP contribution in [0.1, 0.15) is 80.6 Å². The molecule has 0 aromatic carbocycles. The predicted molar refractivity (Wildman–Crippen MR) is 88.5 cm³/mol. The van der Waals surface area contributed by atoms with Gasteiger partial charge in [0.1, 0.15) is 11.2 Å². The van der Waals surface area contributed by atoms with Crippen LogP contribution in [0.15, 0.2) is 11.6 Å². The van der Waals surface area contributed by atoms with Crippen molar-refractivity contribution in [2.45, 2.75) is 91.8 Å². The zero-order valence-corrected chi connectivity index (χ0v) is 15.2. The van der Waals surface area contributed by atoms with Gasteiger partial charge in [-0.05, 0) is 54.4 Å². The van der Waals surface area contributed by atoms with E-state index in [4.69, 9.17) is 9.47 Å². The van der Waals surface area contributed by atoms with Crippen LogP contribution in [0.25, 0.3) is 0 Å². The highest BCUT2D eigenvalue weighted by molar-refractivity contribution is 5.89. The number of rotatable bonds is 7. The summed E-state index contributed by atoms with van der Waals surface area (Å²) in [4.78, 5) is 24.0. The molecule has 0 aliphatic heterocycles. The first-order valence-corrected chi connectivity index (χ1v) is 8.09. The highest BCUT2D eigenvalue weighted by atomic mass is 16.6. The molecule has 4 heteroatoms. The molecule has 0 amide bonds. The number of esters is 2. The molecule has 0 N–H and O–H groups in total. The van der Waals surface area contributed by atoms with Crippen LogP contribution in [-0.2, 0) is 19.1 Å². The van der Waals surface area contributed by atoms with Gasteiger partial charge in [0.25, 0.3) is 0 Å². The summed E-state index contributed by atoms with van der Waals surface area (Å²) in [5.41, 5.74) is -0.476. The number of carbonyl (C=O) groups excluding carboxylic acids is 2. The monoisotopic (exact) mass is 312 g/mol. The molecule has 0 unspecified atom stereocenters. The summed E-state index contributed by atoms with van der Waals surface area (Å²) < 4.78 is 10.7. The second-order valence-corrected chi connectivity index (χ2v) is 7.46. The molecule has 128 valence electrons. The van der Waals surface area contributed by atoms with Gasteiger partial charge in [-0.2, -0.15) is 0 Å². The molecule has 22 heavy (non-hydrogen) atoms. The standard InChI is InChI=1S/C18H32O4/c1-8-9-10-11-14(16(20)22-18(5,6)7)12-13-15(19)21-17(2,3)4/h11H,8-10,12-13H2,1-7H3/b14-11+. The van der Waals surface area contributed by atoms with Gasteiger partial charge in [0.05, 0.1) is 0 Å². The first kappa shape index (κ1) is 20.7. The number of allylic oxidation sites excluding steroid dienone is 1. The smallest absolute Gasteiger partial charge is 0.334 e. The molecule has 0 fully saturated rings. The number of carbonyl (C=O) groups is 2. The average molecular weight is 312 g/mol. The van der Waals surface area contributed by atoms with Crippen LogP contribution < -0.4 is 0 Å². The first-order chi connectivity index (χ1) is 9.94. The Balaban J connectivity index is 4.71. The van der Waals surface area contributed by atoms with Gasteiger partial charge >= 0.3 is 11.9 Å². The van der Waals surface area contributed by atoms with Gasteiger partial charge in [0.15, 0.2) is 0 Å². The molecule has 0 saturated heterocycles. The molecule has 0 aliphatic rings. The van der Waals surface area contributed by atoms with Crippen LogP contribution in [0.2, 0.25) is 0 Å². The number of unbranched alkanes of at least 4 members (excludes halogenated alkanes) is 2. The fourth-order valence-corrected chi connectivity index (χ4v) is 1.74. The molecule has 0 aliphatic carbocycles. The van der Waals surface area contributed by atoms with Gasteiger partial charge in [-0.3, -0.25) is 4.79 Å². The third kappa shape index (κ3) is 11.4. The zero-order valence-electron chi connectivity index (χ0n) is 15.2. The van der Waals surface area contributed by atoms with Gasteiger partial charge in [0, 0.05) is 12.0 Å². The van der Waals surface area contributed by atoms with Crippen molar-refractivity contribution in [3.63, 3.8) is 0 Å². The Labute approximate surface area is 135 Å². The van der Waals surface area contributed by atoms with E-state index in [0.29, 0.717) is 12.0 Å². The molecule has 0 heterocycles. The summed E-state index contributed by atoms with van der Waals surface area (Å²) in [5, 5.41) is 0. The Morgan fingerprint density at radius 2 is 1.45 bits per heavy atom. The quantitative estimate of drug-likeness (QED) is 0.392. The molecule has 0 rings (SSSR count). The van der Waals surface area contributed by atoms with Crippen LogP contribution in [0.3, 0.4) is 0 Å². The van der Waals surface area contributed by atoms with E-state index in [-0.39, 0.29) is 18.4 Å². The summed E-state index contributed by atoms with van der Waals surface area (Å²) in [5.74, 6) is -0.635. The molecule has 4 nitrogen and oxygen atoms in total. The van der Waals surface area contributed by atoms with Gasteiger partial charge in [-0.1, -0.05) is 25.8 Å². The second-order valence-electron chi connectivity index (χ2n) is 7.46. The maximum atomic E-state index is 12.2. The molecule has 0 aromatic rings. The van der Waals surface area contributed by atoms with E-state index in [9.17, 15) is 9.59 Å². The summed E-state index contributed by atoms with van der Waals surface area (Å²) in [6, 6.07) is 0. The van der Waals surface area contributed by atoms with Crippen LogP contribution in [0.5, 0.6) is 0 Å². The van der Waals surface area contributed by atoms with Crippen molar-refractivity contribution in [2.24, 2.45) is 0 Å². The van der Waals surface area contributed by atoms with E-state index >= 15 is 0 Å². The van der Waals surface area contributed by atoms with Crippen molar-refractivity contribution < 1.29 is 19.1 Å². The van der Waals surface area contributed by atoms with Gasteiger partial charge in [-0.15, -0.1) is 0 Å². The predicted octanol–water partition coefficient (Wildman–Crippen LogP) is 4.57. The van der Waals surface area contributed by atoms with Crippen molar-refractivity contribution in [1.29, 1.82) is 0 Å². The fourth-order valence-electron chi connectivity index (χ4n) is 1.74. The second kappa shape index (κ2) is 8.96. The lowest BCUT2D eigenvalue weighted by molar-refractivity contribution is -0.154. The third-order valence-electron chi connectivity index (χ3n) is 2.63. The maximum absolute atomic E-state index is 12.2. The largest absolute Gasteiger partial charge is 0.460 e. The number of hydrogen-bond acceptors (Lipinski definition) is 4. The molecule has 0 saturated carbocycles. The van der Waals surface area contributed by atoms with Gasteiger partial charge in [-0.25, -0.2) is 4.79 Å². The lowest BCUT2D eigenvalue weighted by Crippen LogP contribution is -2.26. The maximum Gasteiger partial charge on any atom is 0.334 e. The van der Waals surface area contributed by atoms with E-state index in [0.717, 1.165) is 19.3 Å². The Kier molecular flexibility index (Phi) is 8.43. The van der Waals surface area contributed by atoms with E-state index in [1.165, 1.54) is 0 Å². The normalized spacial score (nSPS) is 13.0. The number of ether oxygens (including phenoxy) is 2. The zero-order chi connectivity index (χ0) is 17.4. The van der Waals surface area contributed by atoms with Crippen molar-refractivity contribution in [2.75, 3.05) is 0 Å². The van der Waals surface area contributed by atoms with Crippen molar-refractivity contribution in [3.05, 3.63) is 11.6 Å². The molecule has 0 spiro atoms. The molecule has 0 aromatic heterocycles. The van der Waals surface area contributed by atoms with Crippen LogP contribution >= 0.6 is 0 Å². The highest BCUT2D eigenvalue weighted by Crippen LogP contribution is 2.17. The first-order valence-electron chi connectivity index (χ1n) is 8.09. The Hall–Kier alpha value is -1.32. The molecule has 0 radical (unpaired) electrons. The average Bonchev–Trinajstić information content (AvgIpc) is 2.28. The molecule has 0 atom stereocenters. The fraction of sp³-hybridized carbons (Fsp3) is 0.778. The van der Waals surface area contributed by atoms with Gasteiger partial charge in [0.2, 0.25) is 0 Å². The van der Waals surface area contributed by atoms with Crippen LogP contribution in [0.4, 0.5) is 0 Å². The van der Waals surface area contributed by atoms with Crippen molar-refractivity contribution in [3.8, 4) is 0 Å². The summed E-state index contributed by atoms with van der Waals surface area (Å²) in [6.07, 6.45) is 5.33. The lowest BCUT2D eigenvalue weighted by Gasteiger charge is -2.21. The topological polar surface area (TPSA) is 52.6 Å². The minimum Gasteiger partial charge on any atom is -0.460 e. The van der Waals surface area contributed by atoms with Crippen molar-refractivity contribution >= 4 is 11.9 Å². The van der Waals surface area contributed by atoms with E-state index in [1.807, 2.05) is 47.6 Å². The lowest BCUT2D eigenvalue weighted by atomic mass is 10.1. The van der Waals surface area contributed by atoms with Crippen LogP contribution in [-0.4, -0.2) is 23.1 Å². The Bertz CT molecular complexity index is 394. The molecular weight excluding hydrogens is 280 g/mol. The summed E-state index contributed by atoms with van der Waals surface area (Å²) in [6.45, 7) is 13.1. The van der Waals surface area contributed by atoms with Gasteiger partial charge < -0.3 is 9.47 Å². The highest BCUT2D eigenvalue weighted by Gasteiger charge is 2.22. The minimum absolute atomic E-state index is 0.189. The SMILES string of the molecule is CCCC/C=C(\CCC(=O)OC(C)(C)C)C(=O)OC(C)(C)C.